The van der Waals surface area contributed by atoms with Gasteiger partial charge in [-0.25, -0.2) is 4.79 Å². The number of amides is 2. The zero-order chi connectivity index (χ0) is 13.9. The summed E-state index contributed by atoms with van der Waals surface area (Å²) in [5.74, 6) is 0.684. The molecular weight excluding hydrogens is 258 g/mol. The van der Waals surface area contributed by atoms with E-state index in [0.717, 1.165) is 41.7 Å². The van der Waals surface area contributed by atoms with Crippen molar-refractivity contribution < 1.29 is 19.1 Å². The molecule has 1 aromatic carbocycles. The summed E-state index contributed by atoms with van der Waals surface area (Å²) in [6.07, 6.45) is 1.48. The van der Waals surface area contributed by atoms with E-state index in [4.69, 9.17) is 9.47 Å². The van der Waals surface area contributed by atoms with Crippen molar-refractivity contribution in [2.24, 2.45) is 0 Å². The van der Waals surface area contributed by atoms with Crippen LogP contribution in [0.4, 0.5) is 4.79 Å². The third kappa shape index (κ3) is 1.49. The Kier molecular flexibility index (Phi) is 2.34. The van der Waals surface area contributed by atoms with Gasteiger partial charge in [0.05, 0.1) is 6.61 Å². The number of rotatable bonds is 1. The maximum absolute atomic E-state index is 12.0. The molecule has 2 amide bonds. The Morgan fingerprint density at radius 2 is 2.15 bits per heavy atom. The maximum atomic E-state index is 12.0. The Morgan fingerprint density at radius 1 is 1.30 bits per heavy atom. The van der Waals surface area contributed by atoms with Crippen molar-refractivity contribution in [2.75, 3.05) is 6.61 Å². The topological polar surface area (TPSA) is 64.6 Å². The van der Waals surface area contributed by atoms with Gasteiger partial charge in [0.25, 0.3) is 5.91 Å². The Labute approximate surface area is 116 Å². The van der Waals surface area contributed by atoms with Crippen LogP contribution in [0.5, 0.6) is 5.75 Å². The highest BCUT2D eigenvalue weighted by Gasteiger charge is 2.41. The molecule has 3 aliphatic rings. The lowest BCUT2D eigenvalue weighted by Crippen LogP contribution is -2.21. The van der Waals surface area contributed by atoms with Gasteiger partial charge in [0, 0.05) is 17.0 Å². The van der Waals surface area contributed by atoms with E-state index in [1.807, 2.05) is 0 Å². The smallest absolute Gasteiger partial charge is 0.415 e. The number of cyclic esters (lactones) is 1. The monoisotopic (exact) mass is 273 g/mol. The minimum atomic E-state index is -0.852. The van der Waals surface area contributed by atoms with Crippen molar-refractivity contribution in [2.45, 2.75) is 38.2 Å². The van der Waals surface area contributed by atoms with Crippen LogP contribution in [0.3, 0.4) is 0 Å². The van der Waals surface area contributed by atoms with E-state index in [1.165, 1.54) is 5.56 Å². The molecule has 1 aromatic rings. The van der Waals surface area contributed by atoms with Gasteiger partial charge in [0.1, 0.15) is 5.75 Å². The number of carbonyl (C=O) groups is 2. The molecule has 1 N–H and O–H groups in total. The minimum absolute atomic E-state index is 0.315. The predicted molar refractivity (Wildman–Crippen MR) is 69.7 cm³/mol. The first kappa shape index (κ1) is 11.8. The van der Waals surface area contributed by atoms with Crippen molar-refractivity contribution in [1.29, 1.82) is 0 Å². The van der Waals surface area contributed by atoms with Gasteiger partial charge >= 0.3 is 6.09 Å². The van der Waals surface area contributed by atoms with E-state index in [2.05, 4.69) is 18.3 Å². The van der Waals surface area contributed by atoms with Crippen LogP contribution in [-0.4, -0.2) is 18.6 Å². The summed E-state index contributed by atoms with van der Waals surface area (Å²) < 4.78 is 11.0. The Hall–Kier alpha value is -2.04. The molecule has 4 rings (SSSR count). The molecule has 20 heavy (non-hydrogen) atoms. The van der Waals surface area contributed by atoms with Crippen LogP contribution in [0.25, 0.3) is 0 Å². The second kappa shape index (κ2) is 3.98. The summed E-state index contributed by atoms with van der Waals surface area (Å²) in [6.45, 7) is 2.73. The lowest BCUT2D eigenvalue weighted by molar-refractivity contribution is -0.123. The van der Waals surface area contributed by atoms with Gasteiger partial charge < -0.3 is 9.47 Å². The van der Waals surface area contributed by atoms with Crippen LogP contribution in [0.1, 0.15) is 47.6 Å². The van der Waals surface area contributed by atoms with E-state index >= 15 is 0 Å². The van der Waals surface area contributed by atoms with Gasteiger partial charge in [0.15, 0.2) is 0 Å². The van der Waals surface area contributed by atoms with Crippen molar-refractivity contribution in [1.82, 2.24) is 5.32 Å². The summed E-state index contributed by atoms with van der Waals surface area (Å²) in [5.41, 5.74) is 4.32. The highest BCUT2D eigenvalue weighted by Crippen LogP contribution is 2.46. The summed E-state index contributed by atoms with van der Waals surface area (Å²) in [4.78, 5) is 23.3. The van der Waals surface area contributed by atoms with E-state index in [0.29, 0.717) is 12.5 Å². The fourth-order valence-corrected chi connectivity index (χ4v) is 3.43. The molecule has 5 nitrogen and oxygen atoms in total. The van der Waals surface area contributed by atoms with Gasteiger partial charge in [-0.3, -0.25) is 10.1 Å². The van der Waals surface area contributed by atoms with Crippen LogP contribution >= 0.6 is 0 Å². The Balaban J connectivity index is 1.92. The van der Waals surface area contributed by atoms with Gasteiger partial charge in [-0.15, -0.1) is 0 Å². The summed E-state index contributed by atoms with van der Waals surface area (Å²) >= 11 is 0. The van der Waals surface area contributed by atoms with Crippen LogP contribution in [0.15, 0.2) is 6.07 Å². The lowest BCUT2D eigenvalue weighted by Gasteiger charge is -2.17. The molecule has 0 radical (unpaired) electrons. The predicted octanol–water partition coefficient (Wildman–Crippen LogP) is 1.98. The quantitative estimate of drug-likeness (QED) is 0.849. The molecule has 2 unspecified atom stereocenters. The number of aryl methyl sites for hydroxylation is 1. The molecule has 1 aliphatic carbocycles. The standard InChI is InChI=1S/C15H15NO4/c1-7-6-19-12-10(7)5-8-3-2-4-9(8)11(12)13-14(17)16-15(18)20-13/h5,7,13H,2-4,6H2,1H3,(H,16,17,18). The fraction of sp³-hybridized carbons (Fsp3) is 0.467. The molecule has 1 saturated heterocycles. The number of imide groups is 1. The van der Waals surface area contributed by atoms with Gasteiger partial charge in [0.2, 0.25) is 6.10 Å². The van der Waals surface area contributed by atoms with Crippen molar-refractivity contribution in [3.05, 3.63) is 28.3 Å². The SMILES string of the molecule is CC1COc2c1cc1c(c2C2OC(=O)NC2=O)CCC1. The molecule has 0 aromatic heterocycles. The third-order valence-corrected chi connectivity index (χ3v) is 4.38. The summed E-state index contributed by atoms with van der Waals surface area (Å²) in [7, 11) is 0. The maximum Gasteiger partial charge on any atom is 0.415 e. The number of benzene rings is 1. The zero-order valence-corrected chi connectivity index (χ0v) is 11.2. The van der Waals surface area contributed by atoms with Crippen molar-refractivity contribution in [3.63, 3.8) is 0 Å². The molecule has 5 heteroatoms. The minimum Gasteiger partial charge on any atom is -0.492 e. The zero-order valence-electron chi connectivity index (χ0n) is 11.2. The molecule has 0 saturated carbocycles. The Bertz CT molecular complexity index is 637. The van der Waals surface area contributed by atoms with E-state index < -0.39 is 12.2 Å². The highest BCUT2D eigenvalue weighted by molar-refractivity contribution is 6.01. The second-order valence-corrected chi connectivity index (χ2v) is 5.69. The average molecular weight is 273 g/mol. The normalized spacial score (nSPS) is 26.9. The first-order valence-corrected chi connectivity index (χ1v) is 6.98. The van der Waals surface area contributed by atoms with Crippen LogP contribution < -0.4 is 10.1 Å². The fourth-order valence-electron chi connectivity index (χ4n) is 3.43. The molecule has 104 valence electrons. The Morgan fingerprint density at radius 3 is 2.90 bits per heavy atom. The molecular formula is C15H15NO4. The van der Waals surface area contributed by atoms with Crippen molar-refractivity contribution >= 4 is 12.0 Å². The van der Waals surface area contributed by atoms with Crippen LogP contribution in [-0.2, 0) is 22.4 Å². The summed E-state index contributed by atoms with van der Waals surface area (Å²) in [6, 6.07) is 2.20. The van der Waals surface area contributed by atoms with E-state index in [1.54, 1.807) is 0 Å². The number of nitrogens with one attached hydrogen (secondary N) is 1. The number of fused-ring (bicyclic) bond motifs is 2. The highest BCUT2D eigenvalue weighted by atomic mass is 16.6. The van der Waals surface area contributed by atoms with Crippen molar-refractivity contribution in [3.8, 4) is 5.75 Å². The number of hydrogen-bond acceptors (Lipinski definition) is 4. The molecule has 1 fully saturated rings. The van der Waals surface area contributed by atoms with E-state index in [9.17, 15) is 9.59 Å². The molecule has 2 aliphatic heterocycles. The third-order valence-electron chi connectivity index (χ3n) is 4.38. The largest absolute Gasteiger partial charge is 0.492 e. The van der Waals surface area contributed by atoms with Crippen LogP contribution in [0, 0.1) is 0 Å². The van der Waals surface area contributed by atoms with Crippen LogP contribution in [0.2, 0.25) is 0 Å². The van der Waals surface area contributed by atoms with E-state index in [-0.39, 0.29) is 5.91 Å². The molecule has 0 spiro atoms. The van der Waals surface area contributed by atoms with Gasteiger partial charge in [-0.2, -0.15) is 0 Å². The van der Waals surface area contributed by atoms with Gasteiger partial charge in [-0.05, 0) is 30.4 Å². The molecule has 2 atom stereocenters. The molecule has 2 heterocycles. The lowest BCUT2D eigenvalue weighted by atomic mass is 9.91. The van der Waals surface area contributed by atoms with Gasteiger partial charge in [-0.1, -0.05) is 13.0 Å². The number of alkyl carbamates (subject to hydrolysis) is 1. The molecule has 0 bridgehead atoms. The number of ether oxygens (including phenoxy) is 2. The first-order chi connectivity index (χ1) is 9.65. The number of hydrogen-bond donors (Lipinski definition) is 1. The second-order valence-electron chi connectivity index (χ2n) is 5.69. The average Bonchev–Trinajstić information content (AvgIpc) is 3.08. The first-order valence-electron chi connectivity index (χ1n) is 6.98. The number of carbonyl (C=O) groups excluding carboxylic acids is 2. The summed E-state index contributed by atoms with van der Waals surface area (Å²) in [5, 5.41) is 2.20.